The van der Waals surface area contributed by atoms with Crippen molar-refractivity contribution in [2.75, 3.05) is 0 Å². The quantitative estimate of drug-likeness (QED) is 0.866. The molecule has 1 aromatic carbocycles. The van der Waals surface area contributed by atoms with Crippen LogP contribution in [0.15, 0.2) is 24.4 Å². The number of aryl methyl sites for hydroxylation is 1. The molecule has 0 aliphatic heterocycles. The van der Waals surface area contributed by atoms with Gasteiger partial charge in [0, 0.05) is 23.9 Å². The summed E-state index contributed by atoms with van der Waals surface area (Å²) in [5, 5.41) is 12.8. The molecule has 0 bridgehead atoms. The molecule has 0 aliphatic rings. The first-order valence-electron chi connectivity index (χ1n) is 5.02. The number of hydrogen-bond acceptors (Lipinski definition) is 2. The van der Waals surface area contributed by atoms with Gasteiger partial charge in [-0.3, -0.25) is 4.68 Å². The lowest BCUT2D eigenvalue weighted by atomic mass is 10.0. The zero-order chi connectivity index (χ0) is 12.6. The molecule has 0 spiro atoms. The zero-order valence-electron chi connectivity index (χ0n) is 9.44. The normalized spacial score (nSPS) is 10.5. The van der Waals surface area contributed by atoms with Crippen LogP contribution in [0.4, 0.5) is 4.39 Å². The van der Waals surface area contributed by atoms with Crippen LogP contribution in [0.1, 0.15) is 16.1 Å². The SMILES string of the molecule is Cc1c(-c2ccc(C(=O)O)cc2F)cnn1C. The van der Waals surface area contributed by atoms with E-state index in [1.807, 2.05) is 6.92 Å². The molecule has 2 rings (SSSR count). The van der Waals surface area contributed by atoms with E-state index in [1.165, 1.54) is 12.1 Å². The summed E-state index contributed by atoms with van der Waals surface area (Å²) in [4.78, 5) is 10.7. The van der Waals surface area contributed by atoms with E-state index in [1.54, 1.807) is 17.9 Å². The second kappa shape index (κ2) is 4.01. The minimum absolute atomic E-state index is 0.0622. The van der Waals surface area contributed by atoms with Gasteiger partial charge in [0.25, 0.3) is 0 Å². The second-order valence-electron chi connectivity index (χ2n) is 3.77. The first-order chi connectivity index (χ1) is 8.00. The average Bonchev–Trinajstić information content (AvgIpc) is 2.60. The standard InChI is InChI=1S/C12H11FN2O2/c1-7-10(6-14-15(7)2)9-4-3-8(12(16)17)5-11(9)13/h3-6H,1-2H3,(H,16,17). The Labute approximate surface area is 97.3 Å². The number of rotatable bonds is 2. The van der Waals surface area contributed by atoms with Crippen LogP contribution in [0.3, 0.4) is 0 Å². The van der Waals surface area contributed by atoms with Crippen molar-refractivity contribution in [3.63, 3.8) is 0 Å². The third kappa shape index (κ3) is 1.91. The minimum Gasteiger partial charge on any atom is -0.478 e. The molecular weight excluding hydrogens is 223 g/mol. The first kappa shape index (κ1) is 11.3. The summed E-state index contributed by atoms with van der Waals surface area (Å²) in [6, 6.07) is 3.86. The zero-order valence-corrected chi connectivity index (χ0v) is 9.44. The van der Waals surface area contributed by atoms with Crippen LogP contribution in [-0.4, -0.2) is 20.9 Å². The number of nitrogens with zero attached hydrogens (tertiary/aromatic N) is 2. The van der Waals surface area contributed by atoms with Crippen LogP contribution in [0.25, 0.3) is 11.1 Å². The van der Waals surface area contributed by atoms with Crippen LogP contribution in [0.2, 0.25) is 0 Å². The summed E-state index contributed by atoms with van der Waals surface area (Å²) in [6.45, 7) is 1.83. The lowest BCUT2D eigenvalue weighted by Crippen LogP contribution is -1.98. The predicted molar refractivity (Wildman–Crippen MR) is 60.3 cm³/mol. The first-order valence-corrected chi connectivity index (χ1v) is 5.02. The summed E-state index contributed by atoms with van der Waals surface area (Å²) >= 11 is 0. The number of aromatic nitrogens is 2. The molecule has 0 atom stereocenters. The molecule has 17 heavy (non-hydrogen) atoms. The fourth-order valence-corrected chi connectivity index (χ4v) is 1.63. The highest BCUT2D eigenvalue weighted by molar-refractivity contribution is 5.88. The van der Waals surface area contributed by atoms with Crippen LogP contribution in [0.5, 0.6) is 0 Å². The second-order valence-corrected chi connectivity index (χ2v) is 3.77. The molecular formula is C12H11FN2O2. The molecule has 0 saturated carbocycles. The van der Waals surface area contributed by atoms with Crippen molar-refractivity contribution >= 4 is 5.97 Å². The van der Waals surface area contributed by atoms with Crippen molar-refractivity contribution in [3.05, 3.63) is 41.5 Å². The largest absolute Gasteiger partial charge is 0.478 e. The molecule has 1 heterocycles. The van der Waals surface area contributed by atoms with E-state index >= 15 is 0 Å². The summed E-state index contributed by atoms with van der Waals surface area (Å²) in [5.41, 5.74) is 1.79. The van der Waals surface area contributed by atoms with Gasteiger partial charge in [-0.25, -0.2) is 9.18 Å². The highest BCUT2D eigenvalue weighted by Gasteiger charge is 2.13. The third-order valence-corrected chi connectivity index (χ3v) is 2.74. The molecule has 4 nitrogen and oxygen atoms in total. The lowest BCUT2D eigenvalue weighted by Gasteiger charge is -2.04. The van der Waals surface area contributed by atoms with E-state index in [-0.39, 0.29) is 5.56 Å². The molecule has 5 heteroatoms. The van der Waals surface area contributed by atoms with E-state index in [0.717, 1.165) is 11.8 Å². The van der Waals surface area contributed by atoms with Crippen molar-refractivity contribution in [2.24, 2.45) is 7.05 Å². The van der Waals surface area contributed by atoms with E-state index in [9.17, 15) is 9.18 Å². The number of benzene rings is 1. The molecule has 1 N–H and O–H groups in total. The van der Waals surface area contributed by atoms with Crippen molar-refractivity contribution in [1.82, 2.24) is 9.78 Å². The Morgan fingerprint density at radius 1 is 1.41 bits per heavy atom. The number of carboxylic acids is 1. The molecule has 88 valence electrons. The van der Waals surface area contributed by atoms with Crippen molar-refractivity contribution < 1.29 is 14.3 Å². The monoisotopic (exact) mass is 234 g/mol. The number of carboxylic acid groups (broad SMARTS) is 1. The maximum absolute atomic E-state index is 13.8. The summed E-state index contributed by atoms with van der Waals surface area (Å²) in [5.74, 6) is -1.70. The Balaban J connectivity index is 2.54. The van der Waals surface area contributed by atoms with Crippen LogP contribution >= 0.6 is 0 Å². The van der Waals surface area contributed by atoms with Crippen molar-refractivity contribution in [2.45, 2.75) is 6.92 Å². The Kier molecular flexibility index (Phi) is 2.67. The van der Waals surface area contributed by atoms with Crippen LogP contribution in [-0.2, 0) is 7.05 Å². The van der Waals surface area contributed by atoms with Gasteiger partial charge in [-0.15, -0.1) is 0 Å². The summed E-state index contributed by atoms with van der Waals surface area (Å²) < 4.78 is 15.4. The fourth-order valence-electron chi connectivity index (χ4n) is 1.63. The van der Waals surface area contributed by atoms with Crippen LogP contribution in [0, 0.1) is 12.7 Å². The number of aromatic carboxylic acids is 1. The molecule has 0 unspecified atom stereocenters. The van der Waals surface area contributed by atoms with Gasteiger partial charge in [0.1, 0.15) is 5.82 Å². The van der Waals surface area contributed by atoms with Gasteiger partial charge in [0.15, 0.2) is 0 Å². The van der Waals surface area contributed by atoms with Gasteiger partial charge in [-0.1, -0.05) is 6.07 Å². The highest BCUT2D eigenvalue weighted by atomic mass is 19.1. The van der Waals surface area contributed by atoms with E-state index in [0.29, 0.717) is 11.1 Å². The van der Waals surface area contributed by atoms with Gasteiger partial charge in [0.05, 0.1) is 11.8 Å². The Morgan fingerprint density at radius 2 is 2.12 bits per heavy atom. The number of carbonyl (C=O) groups is 1. The molecule has 0 fully saturated rings. The topological polar surface area (TPSA) is 55.1 Å². The molecule has 0 radical (unpaired) electrons. The average molecular weight is 234 g/mol. The summed E-state index contributed by atoms with van der Waals surface area (Å²) in [6.07, 6.45) is 1.56. The Bertz CT molecular complexity index is 590. The predicted octanol–water partition coefficient (Wildman–Crippen LogP) is 2.23. The van der Waals surface area contributed by atoms with Crippen molar-refractivity contribution in [3.8, 4) is 11.1 Å². The van der Waals surface area contributed by atoms with Gasteiger partial charge in [-0.05, 0) is 19.1 Å². The minimum atomic E-state index is -1.14. The number of hydrogen-bond donors (Lipinski definition) is 1. The maximum atomic E-state index is 13.8. The molecule has 2 aromatic rings. The van der Waals surface area contributed by atoms with Gasteiger partial charge < -0.3 is 5.11 Å². The van der Waals surface area contributed by atoms with Gasteiger partial charge in [-0.2, -0.15) is 5.10 Å². The molecule has 0 saturated heterocycles. The summed E-state index contributed by atoms with van der Waals surface area (Å²) in [7, 11) is 1.77. The fraction of sp³-hybridized carbons (Fsp3) is 0.167. The van der Waals surface area contributed by atoms with E-state index in [2.05, 4.69) is 5.10 Å². The van der Waals surface area contributed by atoms with Gasteiger partial charge in [0.2, 0.25) is 0 Å². The third-order valence-electron chi connectivity index (χ3n) is 2.74. The molecule has 0 aliphatic carbocycles. The lowest BCUT2D eigenvalue weighted by molar-refractivity contribution is 0.0696. The maximum Gasteiger partial charge on any atom is 0.335 e. The molecule has 0 amide bonds. The highest BCUT2D eigenvalue weighted by Crippen LogP contribution is 2.26. The van der Waals surface area contributed by atoms with E-state index < -0.39 is 11.8 Å². The van der Waals surface area contributed by atoms with Crippen LogP contribution < -0.4 is 0 Å². The van der Waals surface area contributed by atoms with Gasteiger partial charge >= 0.3 is 5.97 Å². The smallest absolute Gasteiger partial charge is 0.335 e. The Hall–Kier alpha value is -2.17. The van der Waals surface area contributed by atoms with E-state index in [4.69, 9.17) is 5.11 Å². The Morgan fingerprint density at radius 3 is 2.59 bits per heavy atom. The van der Waals surface area contributed by atoms with Crippen molar-refractivity contribution in [1.29, 1.82) is 0 Å². The number of halogens is 1. The molecule has 1 aromatic heterocycles.